The third-order valence-corrected chi connectivity index (χ3v) is 10.1. The Labute approximate surface area is 271 Å². The summed E-state index contributed by atoms with van der Waals surface area (Å²) in [6.07, 6.45) is 4.94. The molecular weight excluding hydrogens is 610 g/mol. The fourth-order valence-electron chi connectivity index (χ4n) is 7.18. The number of benzene rings is 2. The number of para-hydroxylation sites is 1. The SMILES string of the molecule is COC(=O)c1cc2c(cc1OC)nc(CN1CCN(c3cccc4c3OC(C)(c3ccc(Cl)cn3)O4)C3CCC31)n2C[C@@H]1CCO1. The largest absolute Gasteiger partial charge is 0.496 e. The van der Waals surface area contributed by atoms with E-state index in [1.54, 1.807) is 19.4 Å². The van der Waals surface area contributed by atoms with Crippen LogP contribution in [0.25, 0.3) is 11.0 Å². The number of anilines is 1. The number of methoxy groups -OCH3 is 2. The van der Waals surface area contributed by atoms with Gasteiger partial charge in [-0.2, -0.15) is 0 Å². The number of imidazole rings is 1. The van der Waals surface area contributed by atoms with Crippen molar-refractivity contribution in [1.82, 2.24) is 19.4 Å². The number of ether oxygens (including phenoxy) is 5. The van der Waals surface area contributed by atoms with Gasteiger partial charge in [0.25, 0.3) is 5.79 Å². The summed E-state index contributed by atoms with van der Waals surface area (Å²) in [7, 11) is 2.93. The molecule has 4 aliphatic rings. The average molecular weight is 646 g/mol. The molecule has 46 heavy (non-hydrogen) atoms. The number of hydrogen-bond donors (Lipinski definition) is 0. The molecule has 3 fully saturated rings. The summed E-state index contributed by atoms with van der Waals surface area (Å²) in [5.74, 6) is 1.39. The van der Waals surface area contributed by atoms with Crippen LogP contribution in [0.2, 0.25) is 5.02 Å². The number of piperazine rings is 1. The second-order valence-electron chi connectivity index (χ2n) is 12.4. The van der Waals surface area contributed by atoms with Gasteiger partial charge in [0, 0.05) is 51.0 Å². The third-order valence-electron chi connectivity index (χ3n) is 9.84. The molecule has 1 saturated carbocycles. The van der Waals surface area contributed by atoms with Crippen LogP contribution in [0.15, 0.2) is 48.7 Å². The molecule has 12 heteroatoms. The van der Waals surface area contributed by atoms with Crippen molar-refractivity contribution in [3.63, 3.8) is 0 Å². The molecule has 1 aliphatic carbocycles. The van der Waals surface area contributed by atoms with Crippen LogP contribution in [0.1, 0.15) is 48.1 Å². The van der Waals surface area contributed by atoms with Crippen molar-refractivity contribution in [2.75, 3.05) is 38.8 Å². The van der Waals surface area contributed by atoms with Crippen LogP contribution in [0.5, 0.6) is 17.2 Å². The molecule has 2 aromatic heterocycles. The normalized spacial score (nSPS) is 25.1. The Morgan fingerprint density at radius 2 is 1.93 bits per heavy atom. The summed E-state index contributed by atoms with van der Waals surface area (Å²) in [6, 6.07) is 14.1. The van der Waals surface area contributed by atoms with E-state index in [2.05, 4.69) is 25.4 Å². The number of nitrogens with zero attached hydrogens (tertiary/aromatic N) is 5. The molecule has 4 aromatic rings. The van der Waals surface area contributed by atoms with Gasteiger partial charge in [0.15, 0.2) is 11.5 Å². The Balaban J connectivity index is 1.06. The van der Waals surface area contributed by atoms with Crippen molar-refractivity contribution in [2.45, 2.75) is 63.3 Å². The van der Waals surface area contributed by atoms with E-state index in [0.29, 0.717) is 53.0 Å². The lowest BCUT2D eigenvalue weighted by atomic mass is 9.81. The molecule has 4 atom stereocenters. The number of pyridine rings is 1. The van der Waals surface area contributed by atoms with Crippen LogP contribution in [0.4, 0.5) is 5.69 Å². The van der Waals surface area contributed by atoms with Crippen molar-refractivity contribution in [2.24, 2.45) is 0 Å². The van der Waals surface area contributed by atoms with E-state index in [0.717, 1.165) is 67.3 Å². The van der Waals surface area contributed by atoms with Crippen LogP contribution in [0.3, 0.4) is 0 Å². The molecule has 0 spiro atoms. The maximum Gasteiger partial charge on any atom is 0.341 e. The fraction of sp³-hybridized carbons (Fsp3) is 0.441. The molecule has 11 nitrogen and oxygen atoms in total. The monoisotopic (exact) mass is 645 g/mol. The van der Waals surface area contributed by atoms with Crippen LogP contribution in [-0.4, -0.2) is 77.5 Å². The summed E-state index contributed by atoms with van der Waals surface area (Å²) < 4.78 is 31.5. The maximum atomic E-state index is 12.6. The van der Waals surface area contributed by atoms with Crippen molar-refractivity contribution in [1.29, 1.82) is 0 Å². The zero-order valence-electron chi connectivity index (χ0n) is 26.1. The van der Waals surface area contributed by atoms with Gasteiger partial charge in [-0.05, 0) is 49.6 Å². The molecule has 2 aromatic carbocycles. The summed E-state index contributed by atoms with van der Waals surface area (Å²) in [4.78, 5) is 27.2. The summed E-state index contributed by atoms with van der Waals surface area (Å²) in [5, 5.41) is 0.565. The van der Waals surface area contributed by atoms with Gasteiger partial charge in [-0.15, -0.1) is 0 Å². The van der Waals surface area contributed by atoms with E-state index in [9.17, 15) is 4.79 Å². The van der Waals surface area contributed by atoms with Crippen molar-refractivity contribution >= 4 is 34.3 Å². The lowest BCUT2D eigenvalue weighted by Gasteiger charge is -2.54. The van der Waals surface area contributed by atoms with Gasteiger partial charge in [0.1, 0.15) is 22.8 Å². The van der Waals surface area contributed by atoms with Crippen molar-refractivity contribution in [3.05, 3.63) is 70.8 Å². The molecule has 0 N–H and O–H groups in total. The lowest BCUT2D eigenvalue weighted by Crippen LogP contribution is -2.64. The average Bonchev–Trinajstić information content (AvgIpc) is 3.55. The smallest absolute Gasteiger partial charge is 0.341 e. The van der Waals surface area contributed by atoms with Gasteiger partial charge in [-0.25, -0.2) is 9.78 Å². The van der Waals surface area contributed by atoms with Gasteiger partial charge in [-0.3, -0.25) is 9.88 Å². The molecule has 5 heterocycles. The number of hydrogen-bond acceptors (Lipinski definition) is 10. The molecule has 3 aliphatic heterocycles. The van der Waals surface area contributed by atoms with Crippen LogP contribution >= 0.6 is 11.6 Å². The van der Waals surface area contributed by atoms with Crippen molar-refractivity contribution < 1.29 is 28.5 Å². The van der Waals surface area contributed by atoms with E-state index in [4.69, 9.17) is 40.3 Å². The zero-order valence-corrected chi connectivity index (χ0v) is 26.8. The molecule has 240 valence electrons. The molecule has 0 amide bonds. The second-order valence-corrected chi connectivity index (χ2v) is 12.9. The van der Waals surface area contributed by atoms with E-state index >= 15 is 0 Å². The summed E-state index contributed by atoms with van der Waals surface area (Å²) in [6.45, 7) is 5.74. The Morgan fingerprint density at radius 1 is 1.09 bits per heavy atom. The number of fused-ring (bicyclic) bond motifs is 3. The highest BCUT2D eigenvalue weighted by molar-refractivity contribution is 6.30. The Kier molecular flexibility index (Phi) is 7.23. The van der Waals surface area contributed by atoms with E-state index in [1.165, 1.54) is 7.11 Å². The maximum absolute atomic E-state index is 12.6. The number of aromatic nitrogens is 3. The molecule has 8 rings (SSSR count). The Bertz CT molecular complexity index is 1810. The Hall–Kier alpha value is -4.06. The highest BCUT2D eigenvalue weighted by Gasteiger charge is 2.47. The quantitative estimate of drug-likeness (QED) is 0.239. The minimum atomic E-state index is -1.04. The van der Waals surface area contributed by atoms with Crippen LogP contribution in [-0.2, 0) is 28.4 Å². The number of rotatable bonds is 8. The first-order valence-electron chi connectivity index (χ1n) is 15.8. The first-order chi connectivity index (χ1) is 22.3. The molecule has 0 radical (unpaired) electrons. The standard InChI is InChI=1S/C34H36ClN5O6/c1-34(30-10-7-20(35)17-36-30)45-28-6-4-5-26(32(28)46-34)39-13-12-38(24-8-9-25(24)39)19-31-37-23-16-29(42-2)22(33(41)43-3)15-27(23)40(31)18-21-11-14-44-21/h4-7,10,15-17,21,24-25H,8-9,11-14,18-19H2,1-3H3/t21-,24?,25?,34?/m0/s1. The minimum absolute atomic E-state index is 0.129. The van der Waals surface area contributed by atoms with E-state index < -0.39 is 11.8 Å². The number of esters is 1. The summed E-state index contributed by atoms with van der Waals surface area (Å²) in [5.41, 5.74) is 3.76. The lowest BCUT2D eigenvalue weighted by molar-refractivity contribution is -0.0717. The minimum Gasteiger partial charge on any atom is -0.496 e. The molecule has 2 saturated heterocycles. The first-order valence-corrected chi connectivity index (χ1v) is 16.1. The number of carbonyl (C=O) groups is 1. The summed E-state index contributed by atoms with van der Waals surface area (Å²) >= 11 is 6.09. The van der Waals surface area contributed by atoms with Crippen LogP contribution in [0, 0.1) is 0 Å². The highest BCUT2D eigenvalue weighted by Crippen LogP contribution is 2.51. The van der Waals surface area contributed by atoms with E-state index in [-0.39, 0.29) is 6.10 Å². The van der Waals surface area contributed by atoms with E-state index in [1.807, 2.05) is 37.3 Å². The third kappa shape index (κ3) is 4.83. The number of carbonyl (C=O) groups excluding carboxylic acids is 1. The fourth-order valence-corrected chi connectivity index (χ4v) is 7.30. The molecule has 3 unspecified atom stereocenters. The van der Waals surface area contributed by atoms with Gasteiger partial charge in [0.05, 0.1) is 55.2 Å². The zero-order chi connectivity index (χ0) is 31.6. The molecule has 0 bridgehead atoms. The van der Waals surface area contributed by atoms with Gasteiger partial charge in [0.2, 0.25) is 0 Å². The predicted molar refractivity (Wildman–Crippen MR) is 171 cm³/mol. The molecular formula is C34H36ClN5O6. The highest BCUT2D eigenvalue weighted by atomic mass is 35.5. The Morgan fingerprint density at radius 3 is 2.63 bits per heavy atom. The van der Waals surface area contributed by atoms with Gasteiger partial charge in [-0.1, -0.05) is 17.7 Å². The topological polar surface area (TPSA) is 100 Å². The second kappa shape index (κ2) is 11.3. The van der Waals surface area contributed by atoms with Crippen molar-refractivity contribution in [3.8, 4) is 17.2 Å². The van der Waals surface area contributed by atoms with Gasteiger partial charge < -0.3 is 33.2 Å². The van der Waals surface area contributed by atoms with Crippen LogP contribution < -0.4 is 19.1 Å². The van der Waals surface area contributed by atoms with Gasteiger partial charge >= 0.3 is 5.97 Å². The number of halogens is 1. The predicted octanol–water partition coefficient (Wildman–Crippen LogP) is 5.17. The first kappa shape index (κ1) is 29.3.